The zero-order valence-corrected chi connectivity index (χ0v) is 7.80. The largest absolute Gasteiger partial charge is 0.458 e. The summed E-state index contributed by atoms with van der Waals surface area (Å²) in [4.78, 5) is 10.8. The van der Waals surface area contributed by atoms with Crippen LogP contribution in [-0.4, -0.2) is 17.6 Å². The molecule has 0 spiro atoms. The van der Waals surface area contributed by atoms with Crippen LogP contribution in [0.5, 0.6) is 0 Å². The third-order valence-electron chi connectivity index (χ3n) is 2.60. The number of carbonyl (C=O) groups excluding carboxylic acids is 1. The monoisotopic (exact) mass is 171 g/mol. The van der Waals surface area contributed by atoms with Gasteiger partial charge in [-0.05, 0) is 26.2 Å². The van der Waals surface area contributed by atoms with Gasteiger partial charge in [-0.2, -0.15) is 0 Å². The van der Waals surface area contributed by atoms with Crippen LogP contribution in [0.15, 0.2) is 0 Å². The average molecular weight is 171 g/mol. The number of esters is 1. The van der Waals surface area contributed by atoms with E-state index in [1.807, 2.05) is 6.92 Å². The molecule has 0 bridgehead atoms. The van der Waals surface area contributed by atoms with Gasteiger partial charge in [0.15, 0.2) is 0 Å². The van der Waals surface area contributed by atoms with Crippen molar-refractivity contribution in [2.45, 2.75) is 51.2 Å². The maximum absolute atomic E-state index is 10.8. The van der Waals surface area contributed by atoms with Gasteiger partial charge in [0.2, 0.25) is 0 Å². The van der Waals surface area contributed by atoms with E-state index >= 15 is 0 Å². The Bertz CT molecular complexity index is 181. The van der Waals surface area contributed by atoms with Gasteiger partial charge in [0.1, 0.15) is 5.60 Å². The Kier molecular flexibility index (Phi) is 2.73. The molecule has 0 saturated heterocycles. The minimum Gasteiger partial charge on any atom is -0.458 e. The average Bonchev–Trinajstić information content (AvgIpc) is 1.94. The molecule has 0 aromatic heterocycles. The second-order valence-electron chi connectivity index (χ2n) is 3.76. The van der Waals surface area contributed by atoms with Crippen molar-refractivity contribution in [1.29, 1.82) is 0 Å². The van der Waals surface area contributed by atoms with Crippen molar-refractivity contribution in [3.63, 3.8) is 0 Å². The van der Waals surface area contributed by atoms with Gasteiger partial charge < -0.3 is 10.5 Å². The zero-order valence-electron chi connectivity index (χ0n) is 7.80. The van der Waals surface area contributed by atoms with Gasteiger partial charge in [0.05, 0.1) is 0 Å². The highest BCUT2D eigenvalue weighted by Gasteiger charge is 2.36. The van der Waals surface area contributed by atoms with Crippen LogP contribution >= 0.6 is 0 Å². The number of carbonyl (C=O) groups is 1. The summed E-state index contributed by atoms with van der Waals surface area (Å²) in [6, 6.07) is 0.00940. The van der Waals surface area contributed by atoms with Crippen molar-refractivity contribution >= 4 is 5.97 Å². The molecule has 1 fully saturated rings. The summed E-state index contributed by atoms with van der Waals surface area (Å²) in [6.07, 6.45) is 4.12. The van der Waals surface area contributed by atoms with Crippen LogP contribution in [-0.2, 0) is 9.53 Å². The predicted octanol–water partition coefficient (Wildman–Crippen LogP) is 1.21. The number of hydrogen-bond donors (Lipinski definition) is 1. The van der Waals surface area contributed by atoms with E-state index in [1.165, 1.54) is 6.92 Å². The van der Waals surface area contributed by atoms with E-state index in [0.29, 0.717) is 0 Å². The summed E-state index contributed by atoms with van der Waals surface area (Å²) >= 11 is 0. The van der Waals surface area contributed by atoms with E-state index in [0.717, 1.165) is 25.7 Å². The van der Waals surface area contributed by atoms with Crippen molar-refractivity contribution in [1.82, 2.24) is 0 Å². The lowest BCUT2D eigenvalue weighted by molar-refractivity contribution is -0.160. The molecule has 0 aliphatic heterocycles. The summed E-state index contributed by atoms with van der Waals surface area (Å²) < 4.78 is 5.23. The molecule has 2 N–H and O–H groups in total. The normalized spacial score (nSPS) is 36.1. The highest BCUT2D eigenvalue weighted by atomic mass is 16.6. The van der Waals surface area contributed by atoms with E-state index in [-0.39, 0.29) is 12.0 Å². The molecular weight excluding hydrogens is 154 g/mol. The fourth-order valence-electron chi connectivity index (χ4n) is 1.79. The van der Waals surface area contributed by atoms with Crippen LogP contribution in [0.2, 0.25) is 0 Å². The molecular formula is C9H17NO2. The molecule has 12 heavy (non-hydrogen) atoms. The van der Waals surface area contributed by atoms with Crippen LogP contribution in [0.4, 0.5) is 0 Å². The lowest BCUT2D eigenvalue weighted by atomic mass is 9.82. The van der Waals surface area contributed by atoms with Gasteiger partial charge in [-0.15, -0.1) is 0 Å². The van der Waals surface area contributed by atoms with Gasteiger partial charge in [0.25, 0.3) is 0 Å². The molecule has 0 radical (unpaired) electrons. The number of hydrogen-bond acceptors (Lipinski definition) is 3. The molecule has 1 saturated carbocycles. The summed E-state index contributed by atoms with van der Waals surface area (Å²) in [6.45, 7) is 3.37. The first-order chi connectivity index (χ1) is 5.54. The summed E-state index contributed by atoms with van der Waals surface area (Å²) in [5.41, 5.74) is 5.47. The minimum absolute atomic E-state index is 0.00940. The minimum atomic E-state index is -0.413. The van der Waals surface area contributed by atoms with E-state index in [1.54, 1.807) is 0 Å². The summed E-state index contributed by atoms with van der Waals surface area (Å²) in [5.74, 6) is -0.227. The van der Waals surface area contributed by atoms with E-state index < -0.39 is 5.60 Å². The van der Waals surface area contributed by atoms with Gasteiger partial charge in [-0.25, -0.2) is 0 Å². The van der Waals surface area contributed by atoms with Gasteiger partial charge >= 0.3 is 5.97 Å². The molecule has 2 atom stereocenters. The summed E-state index contributed by atoms with van der Waals surface area (Å²) in [7, 11) is 0. The second kappa shape index (κ2) is 3.44. The molecule has 0 aromatic carbocycles. The topological polar surface area (TPSA) is 52.3 Å². The molecule has 1 rings (SSSR count). The Morgan fingerprint density at radius 3 is 2.75 bits per heavy atom. The fourth-order valence-corrected chi connectivity index (χ4v) is 1.79. The van der Waals surface area contributed by atoms with Crippen LogP contribution in [0, 0.1) is 0 Å². The Morgan fingerprint density at radius 1 is 1.58 bits per heavy atom. The molecule has 1 aliphatic rings. The van der Waals surface area contributed by atoms with Crippen molar-refractivity contribution in [3.8, 4) is 0 Å². The zero-order chi connectivity index (χ0) is 9.19. The quantitative estimate of drug-likeness (QED) is 0.603. The fraction of sp³-hybridized carbons (Fsp3) is 0.889. The van der Waals surface area contributed by atoms with E-state index in [2.05, 4.69) is 0 Å². The third kappa shape index (κ3) is 1.97. The van der Waals surface area contributed by atoms with Crippen molar-refractivity contribution in [2.24, 2.45) is 5.73 Å². The summed E-state index contributed by atoms with van der Waals surface area (Å²) in [5, 5.41) is 0. The molecule has 0 unspecified atom stereocenters. The number of rotatable bonds is 1. The first-order valence-electron chi connectivity index (χ1n) is 4.50. The Morgan fingerprint density at radius 2 is 2.25 bits per heavy atom. The van der Waals surface area contributed by atoms with Gasteiger partial charge in [-0.3, -0.25) is 4.79 Å². The number of ether oxygens (including phenoxy) is 1. The van der Waals surface area contributed by atoms with Crippen molar-refractivity contribution < 1.29 is 9.53 Å². The molecule has 0 heterocycles. The van der Waals surface area contributed by atoms with E-state index in [9.17, 15) is 4.79 Å². The molecule has 0 aromatic rings. The molecule has 3 nitrogen and oxygen atoms in total. The van der Waals surface area contributed by atoms with Crippen LogP contribution < -0.4 is 5.73 Å². The Balaban J connectivity index is 2.59. The predicted molar refractivity (Wildman–Crippen MR) is 46.6 cm³/mol. The lowest BCUT2D eigenvalue weighted by Crippen LogP contribution is -2.50. The number of nitrogens with two attached hydrogens (primary N) is 1. The molecule has 70 valence electrons. The second-order valence-corrected chi connectivity index (χ2v) is 3.76. The van der Waals surface area contributed by atoms with Crippen LogP contribution in [0.1, 0.15) is 39.5 Å². The van der Waals surface area contributed by atoms with Crippen molar-refractivity contribution in [3.05, 3.63) is 0 Å². The van der Waals surface area contributed by atoms with Crippen LogP contribution in [0.25, 0.3) is 0 Å². The maximum Gasteiger partial charge on any atom is 0.303 e. The third-order valence-corrected chi connectivity index (χ3v) is 2.60. The molecule has 0 amide bonds. The highest BCUT2D eigenvalue weighted by Crippen LogP contribution is 2.30. The van der Waals surface area contributed by atoms with Gasteiger partial charge in [0, 0.05) is 13.0 Å². The highest BCUT2D eigenvalue weighted by molar-refractivity contribution is 5.66. The van der Waals surface area contributed by atoms with Crippen LogP contribution in [0.3, 0.4) is 0 Å². The lowest BCUT2D eigenvalue weighted by Gasteiger charge is -2.38. The Labute approximate surface area is 73.3 Å². The maximum atomic E-state index is 10.8. The first kappa shape index (κ1) is 9.52. The first-order valence-corrected chi connectivity index (χ1v) is 4.50. The smallest absolute Gasteiger partial charge is 0.303 e. The SMILES string of the molecule is CC(=O)O[C@@]1(C)CCCC[C@@H]1N. The van der Waals surface area contributed by atoms with Crippen molar-refractivity contribution in [2.75, 3.05) is 0 Å². The molecule has 1 aliphatic carbocycles. The van der Waals surface area contributed by atoms with E-state index in [4.69, 9.17) is 10.5 Å². The van der Waals surface area contributed by atoms with Gasteiger partial charge in [-0.1, -0.05) is 6.42 Å². The molecule has 3 heteroatoms. The Hall–Kier alpha value is -0.570. The standard InChI is InChI=1S/C9H17NO2/c1-7(11)12-9(2)6-4-3-5-8(9)10/h8H,3-6,10H2,1-2H3/t8-,9-/m0/s1.